The molecule has 0 aliphatic carbocycles. The van der Waals surface area contributed by atoms with Gasteiger partial charge in [0.2, 0.25) is 0 Å². The Balaban J connectivity index is 1.21. The third-order valence-corrected chi connectivity index (χ3v) is 10.3. The Morgan fingerprint density at radius 1 is 0.273 bits per heavy atom. The smallest absolute Gasteiger partial charge is 0.164 e. The van der Waals surface area contributed by atoms with Gasteiger partial charge in [0.1, 0.15) is 0 Å². The molecule has 0 radical (unpaired) electrons. The molecule has 4 nitrogen and oxygen atoms in total. The molecule has 10 aromatic rings. The van der Waals surface area contributed by atoms with Crippen molar-refractivity contribution in [2.75, 3.05) is 0 Å². The minimum atomic E-state index is 0.618. The molecule has 55 heavy (non-hydrogen) atoms. The fourth-order valence-electron chi connectivity index (χ4n) is 7.57. The molecular formula is C51H34N4. The average Bonchev–Trinajstić information content (AvgIpc) is 3.61. The summed E-state index contributed by atoms with van der Waals surface area (Å²) in [5.41, 5.74) is 13.1. The molecule has 0 spiro atoms. The summed E-state index contributed by atoms with van der Waals surface area (Å²) in [7, 11) is 0. The maximum atomic E-state index is 5.10. The van der Waals surface area contributed by atoms with Gasteiger partial charge < -0.3 is 4.57 Å². The van der Waals surface area contributed by atoms with Gasteiger partial charge in [-0.1, -0.05) is 182 Å². The van der Waals surface area contributed by atoms with Crippen molar-refractivity contribution in [3.8, 4) is 73.2 Å². The van der Waals surface area contributed by atoms with Gasteiger partial charge in [-0.2, -0.15) is 0 Å². The third kappa shape index (κ3) is 6.06. The van der Waals surface area contributed by atoms with Crippen molar-refractivity contribution in [2.45, 2.75) is 0 Å². The van der Waals surface area contributed by atoms with E-state index < -0.39 is 0 Å². The van der Waals surface area contributed by atoms with Crippen LogP contribution in [0.15, 0.2) is 206 Å². The Morgan fingerprint density at radius 2 is 0.727 bits per heavy atom. The van der Waals surface area contributed by atoms with E-state index in [0.29, 0.717) is 17.5 Å². The lowest BCUT2D eigenvalue weighted by Gasteiger charge is -2.17. The predicted octanol–water partition coefficient (Wildman–Crippen LogP) is 13.0. The number of fused-ring (bicyclic) bond motifs is 3. The molecule has 0 aliphatic rings. The number of rotatable bonds is 7. The molecule has 10 rings (SSSR count). The zero-order valence-corrected chi connectivity index (χ0v) is 29.9. The fourth-order valence-corrected chi connectivity index (χ4v) is 7.57. The molecule has 258 valence electrons. The summed E-state index contributed by atoms with van der Waals surface area (Å²) >= 11 is 0. The van der Waals surface area contributed by atoms with Crippen molar-refractivity contribution in [3.63, 3.8) is 0 Å². The lowest BCUT2D eigenvalue weighted by atomic mass is 9.98. The lowest BCUT2D eigenvalue weighted by molar-refractivity contribution is 1.07. The van der Waals surface area contributed by atoms with Gasteiger partial charge in [0.15, 0.2) is 17.5 Å². The van der Waals surface area contributed by atoms with Gasteiger partial charge in [-0.25, -0.2) is 15.0 Å². The maximum absolute atomic E-state index is 5.10. The van der Waals surface area contributed by atoms with Crippen LogP contribution in [-0.2, 0) is 0 Å². The normalized spacial score (nSPS) is 11.3. The molecule has 0 unspecified atom stereocenters. The molecular weight excluding hydrogens is 669 g/mol. The summed E-state index contributed by atoms with van der Waals surface area (Å²) in [6, 6.07) is 72.4. The first-order valence-corrected chi connectivity index (χ1v) is 18.5. The summed E-state index contributed by atoms with van der Waals surface area (Å²) in [5.74, 6) is 1.89. The van der Waals surface area contributed by atoms with Crippen molar-refractivity contribution in [1.29, 1.82) is 0 Å². The SMILES string of the molecule is c1ccc(-c2cccc(-c3ccc4c5ccccc5n(-c5cc(-c6nc(-c7ccccc7)nc(-c7ccccc7)n6)ccc5-c5ccccc5)c4c3)c2)cc1. The summed E-state index contributed by atoms with van der Waals surface area (Å²) in [4.78, 5) is 15.2. The summed E-state index contributed by atoms with van der Waals surface area (Å²) in [6.07, 6.45) is 0. The second kappa shape index (κ2) is 13.8. The molecule has 0 bridgehead atoms. The van der Waals surface area contributed by atoms with Gasteiger partial charge in [-0.3, -0.25) is 0 Å². The average molecular weight is 703 g/mol. The zero-order valence-electron chi connectivity index (χ0n) is 29.9. The molecule has 0 saturated heterocycles. The first-order valence-electron chi connectivity index (χ1n) is 18.5. The van der Waals surface area contributed by atoms with Gasteiger partial charge in [-0.15, -0.1) is 0 Å². The van der Waals surface area contributed by atoms with Crippen molar-refractivity contribution < 1.29 is 0 Å². The van der Waals surface area contributed by atoms with E-state index in [1.807, 2.05) is 60.7 Å². The molecule has 2 heterocycles. The standard InChI is InChI=1S/C51H34N4/c1-5-16-35(17-6-1)39-24-15-25-40(32-39)41-28-31-45-44-26-13-14-27-46(44)55(48(45)33-41)47-34-42(29-30-43(47)36-18-7-2-8-19-36)51-53-49(37-20-9-3-10-21-37)52-50(54-51)38-22-11-4-12-23-38/h1-34H. The van der Waals surface area contributed by atoms with E-state index in [1.165, 1.54) is 27.5 Å². The van der Waals surface area contributed by atoms with Gasteiger partial charge in [0, 0.05) is 33.0 Å². The summed E-state index contributed by atoms with van der Waals surface area (Å²) in [6.45, 7) is 0. The van der Waals surface area contributed by atoms with Gasteiger partial charge in [0.25, 0.3) is 0 Å². The Morgan fingerprint density at radius 3 is 1.36 bits per heavy atom. The van der Waals surface area contributed by atoms with Crippen molar-refractivity contribution in [1.82, 2.24) is 19.5 Å². The highest BCUT2D eigenvalue weighted by atomic mass is 15.0. The van der Waals surface area contributed by atoms with Crippen LogP contribution in [-0.4, -0.2) is 19.5 Å². The molecule has 8 aromatic carbocycles. The molecule has 0 fully saturated rings. The molecule has 0 N–H and O–H groups in total. The minimum absolute atomic E-state index is 0.618. The summed E-state index contributed by atoms with van der Waals surface area (Å²) < 4.78 is 2.42. The van der Waals surface area contributed by atoms with E-state index in [4.69, 9.17) is 15.0 Å². The number of aromatic nitrogens is 4. The molecule has 2 aromatic heterocycles. The van der Waals surface area contributed by atoms with E-state index in [-0.39, 0.29) is 0 Å². The van der Waals surface area contributed by atoms with Crippen LogP contribution in [0.1, 0.15) is 0 Å². The molecule has 4 heteroatoms. The van der Waals surface area contributed by atoms with Crippen LogP contribution in [0.25, 0.3) is 95.0 Å². The van der Waals surface area contributed by atoms with E-state index >= 15 is 0 Å². The van der Waals surface area contributed by atoms with Crippen LogP contribution in [0.3, 0.4) is 0 Å². The molecule has 0 amide bonds. The van der Waals surface area contributed by atoms with Gasteiger partial charge >= 0.3 is 0 Å². The summed E-state index contributed by atoms with van der Waals surface area (Å²) in [5, 5.41) is 2.39. The quantitative estimate of drug-likeness (QED) is 0.166. The molecule has 0 atom stereocenters. The van der Waals surface area contributed by atoms with E-state index in [2.05, 4.69) is 150 Å². The third-order valence-electron chi connectivity index (χ3n) is 10.3. The van der Waals surface area contributed by atoms with Crippen LogP contribution in [0.4, 0.5) is 0 Å². The van der Waals surface area contributed by atoms with E-state index in [0.717, 1.165) is 50.1 Å². The Labute approximate surface area is 319 Å². The minimum Gasteiger partial charge on any atom is -0.309 e. The number of para-hydroxylation sites is 1. The first-order chi connectivity index (χ1) is 27.3. The lowest BCUT2D eigenvalue weighted by Crippen LogP contribution is -2.02. The number of benzene rings is 8. The highest BCUT2D eigenvalue weighted by molar-refractivity contribution is 6.11. The first kappa shape index (κ1) is 32.2. The Hall–Kier alpha value is -7.43. The number of nitrogens with zero attached hydrogens (tertiary/aromatic N) is 4. The predicted molar refractivity (Wildman–Crippen MR) is 227 cm³/mol. The molecule has 0 saturated carbocycles. The van der Waals surface area contributed by atoms with Crippen molar-refractivity contribution >= 4 is 21.8 Å². The van der Waals surface area contributed by atoms with E-state index in [1.54, 1.807) is 0 Å². The van der Waals surface area contributed by atoms with Crippen LogP contribution in [0, 0.1) is 0 Å². The van der Waals surface area contributed by atoms with Crippen LogP contribution in [0.5, 0.6) is 0 Å². The second-order valence-electron chi connectivity index (χ2n) is 13.7. The monoisotopic (exact) mass is 702 g/mol. The van der Waals surface area contributed by atoms with Crippen LogP contribution >= 0.6 is 0 Å². The van der Waals surface area contributed by atoms with Gasteiger partial charge in [0.05, 0.1) is 16.7 Å². The highest BCUT2D eigenvalue weighted by Gasteiger charge is 2.19. The fraction of sp³-hybridized carbons (Fsp3) is 0. The number of hydrogen-bond acceptors (Lipinski definition) is 3. The largest absolute Gasteiger partial charge is 0.309 e. The molecule has 0 aliphatic heterocycles. The van der Waals surface area contributed by atoms with Crippen molar-refractivity contribution in [3.05, 3.63) is 206 Å². The maximum Gasteiger partial charge on any atom is 0.164 e. The van der Waals surface area contributed by atoms with Crippen LogP contribution < -0.4 is 0 Å². The van der Waals surface area contributed by atoms with Crippen molar-refractivity contribution in [2.24, 2.45) is 0 Å². The Bertz CT molecular complexity index is 2900. The highest BCUT2D eigenvalue weighted by Crippen LogP contribution is 2.40. The topological polar surface area (TPSA) is 43.6 Å². The Kier molecular flexibility index (Phi) is 8.12. The second-order valence-corrected chi connectivity index (χ2v) is 13.7. The number of hydrogen-bond donors (Lipinski definition) is 0. The van der Waals surface area contributed by atoms with Gasteiger partial charge in [-0.05, 0) is 52.1 Å². The van der Waals surface area contributed by atoms with E-state index in [9.17, 15) is 0 Å². The zero-order chi connectivity index (χ0) is 36.6. The van der Waals surface area contributed by atoms with Crippen LogP contribution in [0.2, 0.25) is 0 Å².